The Hall–Kier alpha value is -0.930. The molecule has 1 rings (SSSR count). The van der Waals surface area contributed by atoms with E-state index in [0.29, 0.717) is 18.1 Å². The first-order valence-corrected chi connectivity index (χ1v) is 5.09. The number of rotatable bonds is 4. The predicted octanol–water partition coefficient (Wildman–Crippen LogP) is 4.28. The van der Waals surface area contributed by atoms with Crippen molar-refractivity contribution in [3.05, 3.63) is 23.7 Å². The van der Waals surface area contributed by atoms with Gasteiger partial charge in [0.15, 0.2) is 0 Å². The number of alkyl halides is 3. The molecule has 0 aliphatic rings. The van der Waals surface area contributed by atoms with Gasteiger partial charge in [-0.25, -0.2) is 0 Å². The Morgan fingerprint density at radius 1 is 1.33 bits per heavy atom. The molecule has 0 aromatic carbocycles. The molecule has 0 aliphatic carbocycles. The van der Waals surface area contributed by atoms with Crippen molar-refractivity contribution in [2.24, 2.45) is 5.92 Å². The molecule has 0 amide bonds. The van der Waals surface area contributed by atoms with E-state index in [1.807, 2.05) is 6.92 Å². The van der Waals surface area contributed by atoms with Crippen LogP contribution in [0.2, 0.25) is 0 Å². The van der Waals surface area contributed by atoms with E-state index in [-0.39, 0.29) is 0 Å². The SMILES string of the molecule is CCCC(C)Cc1ccc(C(F)(F)F)o1. The molecule has 1 aromatic heterocycles. The van der Waals surface area contributed by atoms with Crippen molar-refractivity contribution in [1.29, 1.82) is 0 Å². The maximum absolute atomic E-state index is 12.2. The van der Waals surface area contributed by atoms with Crippen LogP contribution in [0.1, 0.15) is 38.2 Å². The molecule has 1 heterocycles. The summed E-state index contributed by atoms with van der Waals surface area (Å²) in [5.74, 6) is -0.119. The van der Waals surface area contributed by atoms with Crippen molar-refractivity contribution in [2.45, 2.75) is 39.3 Å². The van der Waals surface area contributed by atoms with Crippen LogP contribution >= 0.6 is 0 Å². The fourth-order valence-electron chi connectivity index (χ4n) is 1.58. The van der Waals surface area contributed by atoms with E-state index in [9.17, 15) is 13.2 Å². The van der Waals surface area contributed by atoms with Gasteiger partial charge in [-0.05, 0) is 18.1 Å². The molecule has 0 spiro atoms. The largest absolute Gasteiger partial charge is 0.457 e. The van der Waals surface area contributed by atoms with Crippen LogP contribution < -0.4 is 0 Å². The lowest BCUT2D eigenvalue weighted by Gasteiger charge is -2.07. The molecular formula is C11H15F3O. The average molecular weight is 220 g/mol. The topological polar surface area (TPSA) is 13.1 Å². The maximum Gasteiger partial charge on any atom is 0.449 e. The summed E-state index contributed by atoms with van der Waals surface area (Å²) in [5, 5.41) is 0. The van der Waals surface area contributed by atoms with Gasteiger partial charge in [-0.15, -0.1) is 0 Å². The van der Waals surface area contributed by atoms with Crippen LogP contribution in [0.25, 0.3) is 0 Å². The third kappa shape index (κ3) is 3.61. The van der Waals surface area contributed by atoms with Crippen LogP contribution in [0.3, 0.4) is 0 Å². The van der Waals surface area contributed by atoms with Crippen molar-refractivity contribution in [3.63, 3.8) is 0 Å². The summed E-state index contributed by atoms with van der Waals surface area (Å²) in [4.78, 5) is 0. The van der Waals surface area contributed by atoms with Gasteiger partial charge < -0.3 is 4.42 Å². The monoisotopic (exact) mass is 220 g/mol. The van der Waals surface area contributed by atoms with Crippen molar-refractivity contribution in [1.82, 2.24) is 0 Å². The van der Waals surface area contributed by atoms with Gasteiger partial charge in [-0.1, -0.05) is 26.7 Å². The number of hydrogen-bond donors (Lipinski definition) is 0. The van der Waals surface area contributed by atoms with Crippen LogP contribution in [-0.4, -0.2) is 0 Å². The molecular weight excluding hydrogens is 205 g/mol. The van der Waals surface area contributed by atoms with Crippen LogP contribution in [0.5, 0.6) is 0 Å². The predicted molar refractivity (Wildman–Crippen MR) is 51.5 cm³/mol. The van der Waals surface area contributed by atoms with Gasteiger partial charge in [0, 0.05) is 6.42 Å². The molecule has 1 nitrogen and oxygen atoms in total. The summed E-state index contributed by atoms with van der Waals surface area (Å²) in [6.45, 7) is 4.07. The van der Waals surface area contributed by atoms with E-state index in [0.717, 1.165) is 18.9 Å². The molecule has 0 fully saturated rings. The van der Waals surface area contributed by atoms with Gasteiger partial charge in [0.1, 0.15) is 5.76 Å². The van der Waals surface area contributed by atoms with E-state index in [2.05, 4.69) is 6.92 Å². The zero-order valence-electron chi connectivity index (χ0n) is 8.90. The summed E-state index contributed by atoms with van der Waals surface area (Å²) in [6, 6.07) is 2.41. The molecule has 0 saturated carbocycles. The molecule has 1 unspecified atom stereocenters. The van der Waals surface area contributed by atoms with Gasteiger partial charge in [-0.2, -0.15) is 13.2 Å². The highest BCUT2D eigenvalue weighted by Gasteiger charge is 2.34. The lowest BCUT2D eigenvalue weighted by molar-refractivity contribution is -0.153. The van der Waals surface area contributed by atoms with E-state index in [1.54, 1.807) is 0 Å². The first-order valence-electron chi connectivity index (χ1n) is 5.09. The van der Waals surface area contributed by atoms with Gasteiger partial charge in [0.05, 0.1) is 0 Å². The Labute approximate surface area is 87.3 Å². The molecule has 1 aromatic rings. The normalized spacial score (nSPS) is 14.2. The van der Waals surface area contributed by atoms with Crippen LogP contribution in [0.15, 0.2) is 16.5 Å². The molecule has 0 radical (unpaired) electrons. The molecule has 4 heteroatoms. The van der Waals surface area contributed by atoms with E-state index >= 15 is 0 Å². The van der Waals surface area contributed by atoms with Gasteiger partial charge in [0.25, 0.3) is 0 Å². The lowest BCUT2D eigenvalue weighted by Crippen LogP contribution is -2.02. The van der Waals surface area contributed by atoms with Crippen LogP contribution in [-0.2, 0) is 12.6 Å². The second kappa shape index (κ2) is 4.73. The lowest BCUT2D eigenvalue weighted by atomic mass is 10.0. The van der Waals surface area contributed by atoms with Crippen molar-refractivity contribution in [3.8, 4) is 0 Å². The first kappa shape index (κ1) is 12.1. The minimum absolute atomic E-state index is 0.363. The van der Waals surface area contributed by atoms with E-state index in [4.69, 9.17) is 4.42 Å². The average Bonchev–Trinajstić information content (AvgIpc) is 2.52. The van der Waals surface area contributed by atoms with Crippen LogP contribution in [0, 0.1) is 5.92 Å². The summed E-state index contributed by atoms with van der Waals surface area (Å²) in [5.41, 5.74) is 0. The standard InChI is InChI=1S/C11H15F3O/c1-3-4-8(2)7-9-5-6-10(15-9)11(12,13)14/h5-6,8H,3-4,7H2,1-2H3. The van der Waals surface area contributed by atoms with E-state index in [1.165, 1.54) is 6.07 Å². The molecule has 15 heavy (non-hydrogen) atoms. The van der Waals surface area contributed by atoms with Crippen LogP contribution in [0.4, 0.5) is 13.2 Å². The zero-order valence-corrected chi connectivity index (χ0v) is 8.90. The zero-order chi connectivity index (χ0) is 11.5. The molecule has 0 bridgehead atoms. The van der Waals surface area contributed by atoms with E-state index < -0.39 is 11.9 Å². The molecule has 0 saturated heterocycles. The fraction of sp³-hybridized carbons (Fsp3) is 0.636. The summed E-state index contributed by atoms with van der Waals surface area (Å²) < 4.78 is 41.3. The Morgan fingerprint density at radius 2 is 2.00 bits per heavy atom. The van der Waals surface area contributed by atoms with Gasteiger partial charge in [-0.3, -0.25) is 0 Å². The Kier molecular flexibility index (Phi) is 3.83. The highest BCUT2D eigenvalue weighted by molar-refractivity contribution is 5.10. The van der Waals surface area contributed by atoms with Crippen molar-refractivity contribution in [2.75, 3.05) is 0 Å². The third-order valence-electron chi connectivity index (χ3n) is 2.27. The fourth-order valence-corrected chi connectivity index (χ4v) is 1.58. The Morgan fingerprint density at radius 3 is 2.47 bits per heavy atom. The van der Waals surface area contributed by atoms with Gasteiger partial charge >= 0.3 is 6.18 Å². The number of furan rings is 1. The van der Waals surface area contributed by atoms with Crippen molar-refractivity contribution >= 4 is 0 Å². The second-order valence-electron chi connectivity index (χ2n) is 3.86. The third-order valence-corrected chi connectivity index (χ3v) is 2.27. The minimum Gasteiger partial charge on any atom is -0.457 e. The Bertz CT molecular complexity index is 301. The minimum atomic E-state index is -4.37. The molecule has 0 N–H and O–H groups in total. The number of halogens is 3. The second-order valence-corrected chi connectivity index (χ2v) is 3.86. The quantitative estimate of drug-likeness (QED) is 0.738. The summed E-state index contributed by atoms with van der Waals surface area (Å²) in [6.07, 6.45) is -1.76. The number of hydrogen-bond acceptors (Lipinski definition) is 1. The van der Waals surface area contributed by atoms with Gasteiger partial charge in [0.2, 0.25) is 5.76 Å². The maximum atomic E-state index is 12.2. The highest BCUT2D eigenvalue weighted by Crippen LogP contribution is 2.31. The molecule has 0 aliphatic heterocycles. The first-order chi connectivity index (χ1) is 6.93. The smallest absolute Gasteiger partial charge is 0.449 e. The molecule has 1 atom stereocenters. The summed E-state index contributed by atoms with van der Waals surface area (Å²) >= 11 is 0. The highest BCUT2D eigenvalue weighted by atomic mass is 19.4. The van der Waals surface area contributed by atoms with Crippen molar-refractivity contribution < 1.29 is 17.6 Å². The Balaban J connectivity index is 2.61. The summed E-state index contributed by atoms with van der Waals surface area (Å²) in [7, 11) is 0. The molecule has 86 valence electrons.